The van der Waals surface area contributed by atoms with Crippen molar-refractivity contribution in [2.75, 3.05) is 0 Å². The molecule has 2 aromatic rings. The Morgan fingerprint density at radius 3 is 2.83 bits per heavy atom. The van der Waals surface area contributed by atoms with Gasteiger partial charge in [0.15, 0.2) is 0 Å². The molecule has 0 saturated heterocycles. The number of amides is 1. The van der Waals surface area contributed by atoms with E-state index in [-0.39, 0.29) is 11.7 Å². The van der Waals surface area contributed by atoms with E-state index in [1.807, 2.05) is 18.2 Å². The number of hydrogen-bond acceptors (Lipinski definition) is 3. The van der Waals surface area contributed by atoms with Crippen molar-refractivity contribution >= 4 is 21.8 Å². The monoisotopic (exact) mass is 306 g/mol. The second kappa shape index (κ2) is 5.64. The van der Waals surface area contributed by atoms with Crippen LogP contribution in [0.1, 0.15) is 16.1 Å². The number of benzene rings is 1. The van der Waals surface area contributed by atoms with Gasteiger partial charge in [-0.3, -0.25) is 9.78 Å². The van der Waals surface area contributed by atoms with Crippen molar-refractivity contribution in [2.45, 2.75) is 6.54 Å². The van der Waals surface area contributed by atoms with E-state index in [2.05, 4.69) is 26.2 Å². The minimum Gasteiger partial charge on any atom is -0.507 e. The number of carbonyl (C=O) groups is 1. The van der Waals surface area contributed by atoms with Crippen molar-refractivity contribution in [3.8, 4) is 5.75 Å². The third kappa shape index (κ3) is 3.07. The topological polar surface area (TPSA) is 62.2 Å². The number of hydrogen-bond donors (Lipinski definition) is 2. The minimum absolute atomic E-state index is 0.0421. The number of phenols is 1. The lowest BCUT2D eigenvalue weighted by molar-refractivity contribution is 0.0950. The van der Waals surface area contributed by atoms with Crippen LogP contribution in [0.5, 0.6) is 5.75 Å². The highest BCUT2D eigenvalue weighted by atomic mass is 79.9. The lowest BCUT2D eigenvalue weighted by Gasteiger charge is -2.05. The summed E-state index contributed by atoms with van der Waals surface area (Å²) in [5.41, 5.74) is 1.19. The molecule has 0 aliphatic rings. The van der Waals surface area contributed by atoms with Crippen LogP contribution in [0, 0.1) is 0 Å². The molecule has 18 heavy (non-hydrogen) atoms. The molecule has 0 unspecified atom stereocenters. The Kier molecular flexibility index (Phi) is 3.94. The first kappa shape index (κ1) is 12.6. The molecule has 0 fully saturated rings. The summed E-state index contributed by atoms with van der Waals surface area (Å²) in [5, 5.41) is 12.2. The number of nitrogens with one attached hydrogen (secondary N) is 1. The molecule has 0 radical (unpaired) electrons. The van der Waals surface area contributed by atoms with E-state index >= 15 is 0 Å². The normalized spacial score (nSPS) is 10.1. The molecule has 1 aromatic carbocycles. The Morgan fingerprint density at radius 2 is 2.17 bits per heavy atom. The van der Waals surface area contributed by atoms with Crippen molar-refractivity contribution in [3.63, 3.8) is 0 Å². The number of aromatic nitrogens is 1. The molecule has 0 spiro atoms. The molecular formula is C13H11BrN2O2. The van der Waals surface area contributed by atoms with Gasteiger partial charge in [-0.1, -0.05) is 6.07 Å². The van der Waals surface area contributed by atoms with Crippen LogP contribution in [-0.2, 0) is 6.54 Å². The molecular weight excluding hydrogens is 296 g/mol. The van der Waals surface area contributed by atoms with E-state index < -0.39 is 0 Å². The van der Waals surface area contributed by atoms with E-state index in [9.17, 15) is 9.90 Å². The Morgan fingerprint density at radius 1 is 1.33 bits per heavy atom. The molecule has 0 aliphatic heterocycles. The number of rotatable bonds is 3. The van der Waals surface area contributed by atoms with Crippen LogP contribution >= 0.6 is 15.9 Å². The van der Waals surface area contributed by atoms with Gasteiger partial charge in [0.2, 0.25) is 0 Å². The highest BCUT2D eigenvalue weighted by Crippen LogP contribution is 2.24. The zero-order valence-corrected chi connectivity index (χ0v) is 11.0. The van der Waals surface area contributed by atoms with E-state index in [4.69, 9.17) is 0 Å². The van der Waals surface area contributed by atoms with Crippen LogP contribution in [0.2, 0.25) is 0 Å². The Labute approximate surface area is 113 Å². The molecule has 0 aliphatic carbocycles. The van der Waals surface area contributed by atoms with Gasteiger partial charge in [-0.2, -0.15) is 0 Å². The standard InChI is InChI=1S/C13H11BrN2O2/c14-11-5-4-9(7-12(11)17)13(18)16-8-10-3-1-2-6-15-10/h1-7,17H,8H2,(H,16,18). The molecule has 5 heteroatoms. The third-order valence-corrected chi connectivity index (χ3v) is 3.04. The van der Waals surface area contributed by atoms with Crippen LogP contribution in [-0.4, -0.2) is 16.0 Å². The molecule has 1 aromatic heterocycles. The summed E-state index contributed by atoms with van der Waals surface area (Å²) in [6.07, 6.45) is 1.67. The molecule has 0 bridgehead atoms. The van der Waals surface area contributed by atoms with E-state index in [1.165, 1.54) is 6.07 Å². The molecule has 4 nitrogen and oxygen atoms in total. The van der Waals surface area contributed by atoms with Crippen molar-refractivity contribution in [1.82, 2.24) is 10.3 Å². The quantitative estimate of drug-likeness (QED) is 0.916. The van der Waals surface area contributed by atoms with E-state index in [0.717, 1.165) is 5.69 Å². The predicted molar refractivity (Wildman–Crippen MR) is 71.2 cm³/mol. The fourth-order valence-corrected chi connectivity index (χ4v) is 1.68. The highest BCUT2D eigenvalue weighted by molar-refractivity contribution is 9.10. The molecule has 0 saturated carbocycles. The van der Waals surface area contributed by atoms with Gasteiger partial charge in [0.05, 0.1) is 16.7 Å². The minimum atomic E-state index is -0.247. The van der Waals surface area contributed by atoms with Crippen LogP contribution in [0.25, 0.3) is 0 Å². The number of halogens is 1. The van der Waals surface area contributed by atoms with E-state index in [0.29, 0.717) is 16.6 Å². The summed E-state index contributed by atoms with van der Waals surface area (Å²) in [6, 6.07) is 10.2. The van der Waals surface area contributed by atoms with Crippen LogP contribution in [0.15, 0.2) is 47.1 Å². The van der Waals surface area contributed by atoms with Crippen molar-refractivity contribution in [1.29, 1.82) is 0 Å². The maximum atomic E-state index is 11.8. The van der Waals surface area contributed by atoms with Crippen molar-refractivity contribution < 1.29 is 9.90 Å². The first-order chi connectivity index (χ1) is 8.66. The first-order valence-corrected chi connectivity index (χ1v) is 6.13. The van der Waals surface area contributed by atoms with Gasteiger partial charge < -0.3 is 10.4 Å². The van der Waals surface area contributed by atoms with Gasteiger partial charge in [-0.15, -0.1) is 0 Å². The van der Waals surface area contributed by atoms with Gasteiger partial charge in [-0.25, -0.2) is 0 Å². The largest absolute Gasteiger partial charge is 0.507 e. The average Bonchev–Trinajstić information content (AvgIpc) is 2.40. The molecule has 1 amide bonds. The van der Waals surface area contributed by atoms with Gasteiger partial charge in [0.25, 0.3) is 5.91 Å². The van der Waals surface area contributed by atoms with Gasteiger partial charge in [0.1, 0.15) is 5.75 Å². The lowest BCUT2D eigenvalue weighted by Crippen LogP contribution is -2.23. The zero-order chi connectivity index (χ0) is 13.0. The van der Waals surface area contributed by atoms with Crippen molar-refractivity contribution in [3.05, 3.63) is 58.3 Å². The van der Waals surface area contributed by atoms with Crippen molar-refractivity contribution in [2.24, 2.45) is 0 Å². The average molecular weight is 307 g/mol. The summed E-state index contributed by atoms with van der Waals surface area (Å²) in [6.45, 7) is 0.358. The van der Waals surface area contributed by atoms with Gasteiger partial charge >= 0.3 is 0 Å². The number of pyridine rings is 1. The van der Waals surface area contributed by atoms with Gasteiger partial charge in [-0.05, 0) is 46.3 Å². The van der Waals surface area contributed by atoms with Crippen LogP contribution in [0.3, 0.4) is 0 Å². The second-order valence-electron chi connectivity index (χ2n) is 3.67. The summed E-state index contributed by atoms with van der Waals surface area (Å²) in [5.74, 6) is -0.205. The highest BCUT2D eigenvalue weighted by Gasteiger charge is 2.07. The maximum absolute atomic E-state index is 11.8. The Hall–Kier alpha value is -1.88. The van der Waals surface area contributed by atoms with E-state index in [1.54, 1.807) is 18.3 Å². The summed E-state index contributed by atoms with van der Waals surface area (Å²) in [4.78, 5) is 15.9. The smallest absolute Gasteiger partial charge is 0.251 e. The predicted octanol–water partition coefficient (Wildman–Crippen LogP) is 2.48. The summed E-state index contributed by atoms with van der Waals surface area (Å²) >= 11 is 3.16. The molecule has 0 atom stereocenters. The lowest BCUT2D eigenvalue weighted by atomic mass is 10.2. The zero-order valence-electron chi connectivity index (χ0n) is 9.43. The number of phenolic OH excluding ortho intramolecular Hbond substituents is 1. The second-order valence-corrected chi connectivity index (χ2v) is 4.52. The SMILES string of the molecule is O=C(NCc1ccccn1)c1ccc(Br)c(O)c1. The Bertz CT molecular complexity index is 558. The summed E-state index contributed by atoms with van der Waals surface area (Å²) < 4.78 is 0.559. The third-order valence-electron chi connectivity index (χ3n) is 2.36. The number of aromatic hydroxyl groups is 1. The molecule has 2 N–H and O–H groups in total. The van der Waals surface area contributed by atoms with Crippen LogP contribution < -0.4 is 5.32 Å². The molecule has 92 valence electrons. The number of carbonyl (C=O) groups excluding carboxylic acids is 1. The first-order valence-electron chi connectivity index (χ1n) is 5.33. The van der Waals surface area contributed by atoms with Crippen LogP contribution in [0.4, 0.5) is 0 Å². The fraction of sp³-hybridized carbons (Fsp3) is 0.0769. The maximum Gasteiger partial charge on any atom is 0.251 e. The number of nitrogens with zero attached hydrogens (tertiary/aromatic N) is 1. The summed E-state index contributed by atoms with van der Waals surface area (Å²) in [7, 11) is 0. The van der Waals surface area contributed by atoms with Gasteiger partial charge in [0, 0.05) is 11.8 Å². The molecule has 2 rings (SSSR count). The Balaban J connectivity index is 2.02. The fourth-order valence-electron chi connectivity index (χ4n) is 1.43. The molecule has 1 heterocycles.